The monoisotopic (exact) mass is 556 g/mol. The van der Waals surface area contributed by atoms with Gasteiger partial charge in [-0.05, 0) is 48.0 Å². The fraction of sp³-hybridized carbons (Fsp3) is 0. The van der Waals surface area contributed by atoms with E-state index in [-0.39, 0.29) is 15.6 Å². The van der Waals surface area contributed by atoms with Gasteiger partial charge in [-0.1, -0.05) is 39.7 Å². The van der Waals surface area contributed by atoms with Crippen LogP contribution in [0.15, 0.2) is 76.3 Å². The van der Waals surface area contributed by atoms with Gasteiger partial charge < -0.3 is 5.32 Å². The van der Waals surface area contributed by atoms with Crippen LogP contribution in [0.3, 0.4) is 0 Å². The highest BCUT2D eigenvalue weighted by Gasteiger charge is 2.19. The molecule has 170 valence electrons. The predicted octanol–water partition coefficient (Wildman–Crippen LogP) is 6.24. The number of non-ortho nitro benzene ring substituents is 1. The molecule has 0 aliphatic rings. The van der Waals surface area contributed by atoms with Crippen molar-refractivity contribution in [2.45, 2.75) is 0 Å². The van der Waals surface area contributed by atoms with Crippen LogP contribution in [0.1, 0.15) is 25.6 Å². The number of benzene rings is 3. The molecular weight excluding hydrogens is 544 g/mol. The minimum absolute atomic E-state index is 0.0767. The fourth-order valence-corrected chi connectivity index (χ4v) is 4.89. The largest absolute Gasteiger partial charge is 0.321 e. The second kappa shape index (κ2) is 10.1. The lowest BCUT2D eigenvalue weighted by molar-refractivity contribution is -0.384. The summed E-state index contributed by atoms with van der Waals surface area (Å²) in [7, 11) is 0. The predicted molar refractivity (Wildman–Crippen MR) is 137 cm³/mol. The number of nitrogens with zero attached hydrogens (tertiary/aromatic N) is 2. The second-order valence-corrected chi connectivity index (χ2v) is 9.31. The first-order valence-electron chi connectivity index (χ1n) is 9.68. The van der Waals surface area contributed by atoms with E-state index in [4.69, 9.17) is 11.6 Å². The van der Waals surface area contributed by atoms with E-state index >= 15 is 0 Å². The average molecular weight is 558 g/mol. The molecule has 0 bridgehead atoms. The maximum atomic E-state index is 12.7. The van der Waals surface area contributed by atoms with Crippen molar-refractivity contribution in [3.63, 3.8) is 0 Å². The van der Waals surface area contributed by atoms with E-state index in [1.807, 2.05) is 24.3 Å². The molecule has 0 aliphatic heterocycles. The number of nitro benzene ring substituents is 1. The molecule has 4 aromatic rings. The molecule has 3 aromatic carbocycles. The van der Waals surface area contributed by atoms with Crippen molar-refractivity contribution in [3.05, 3.63) is 102 Å². The number of fused-ring (bicyclic) bond motifs is 1. The number of hydrogen-bond acceptors (Lipinski definition) is 6. The van der Waals surface area contributed by atoms with Crippen LogP contribution in [-0.4, -0.2) is 23.0 Å². The number of anilines is 1. The third-order valence-corrected chi connectivity index (χ3v) is 6.81. The molecule has 0 atom stereocenters. The van der Waals surface area contributed by atoms with Gasteiger partial charge in [-0.3, -0.25) is 19.7 Å². The number of nitrogens with one attached hydrogen (secondary N) is 2. The molecule has 1 aromatic heterocycles. The molecule has 0 radical (unpaired) electrons. The van der Waals surface area contributed by atoms with Crippen LogP contribution < -0.4 is 10.7 Å². The third kappa shape index (κ3) is 5.30. The number of hydrogen-bond donors (Lipinski definition) is 2. The number of halogens is 2. The summed E-state index contributed by atoms with van der Waals surface area (Å²) in [6, 6.07) is 18.0. The Labute approximate surface area is 210 Å². The zero-order valence-electron chi connectivity index (χ0n) is 17.1. The number of thiophene rings is 1. The molecule has 2 N–H and O–H groups in total. The molecule has 0 unspecified atom stereocenters. The molecule has 4 rings (SSSR count). The van der Waals surface area contributed by atoms with Gasteiger partial charge in [0.25, 0.3) is 17.5 Å². The highest BCUT2D eigenvalue weighted by atomic mass is 79.9. The molecule has 1 heterocycles. The summed E-state index contributed by atoms with van der Waals surface area (Å²) in [6.07, 6.45) is 1.53. The van der Waals surface area contributed by atoms with Gasteiger partial charge in [-0.15, -0.1) is 11.3 Å². The van der Waals surface area contributed by atoms with Crippen molar-refractivity contribution >= 4 is 78.4 Å². The summed E-state index contributed by atoms with van der Waals surface area (Å²) in [6.45, 7) is 0. The minimum Gasteiger partial charge on any atom is -0.321 e. The minimum atomic E-state index is -0.503. The van der Waals surface area contributed by atoms with Crippen molar-refractivity contribution in [2.24, 2.45) is 5.10 Å². The van der Waals surface area contributed by atoms with E-state index < -0.39 is 16.7 Å². The Morgan fingerprint density at radius 3 is 2.53 bits per heavy atom. The third-order valence-electron chi connectivity index (χ3n) is 4.66. The van der Waals surface area contributed by atoms with Gasteiger partial charge in [0.2, 0.25) is 0 Å². The van der Waals surface area contributed by atoms with Gasteiger partial charge in [-0.2, -0.15) is 5.10 Å². The summed E-state index contributed by atoms with van der Waals surface area (Å²) in [5.74, 6) is -0.858. The SMILES string of the molecule is O=C(N/N=C\c1cccc(Br)c1)c1ccc(NC(=O)c2sc3cc([N+](=O)[O-])ccc3c2Cl)cc1. The average Bonchev–Trinajstić information content (AvgIpc) is 3.15. The molecule has 0 aliphatic carbocycles. The van der Waals surface area contributed by atoms with E-state index in [1.165, 1.54) is 24.4 Å². The number of carbonyl (C=O) groups excluding carboxylic acids is 2. The molecule has 11 heteroatoms. The summed E-state index contributed by atoms with van der Waals surface area (Å²) >= 11 is 10.8. The van der Waals surface area contributed by atoms with E-state index in [1.54, 1.807) is 24.3 Å². The molecule has 2 amide bonds. The Balaban J connectivity index is 1.42. The van der Waals surface area contributed by atoms with Crippen LogP contribution in [0.5, 0.6) is 0 Å². The number of hydrazone groups is 1. The zero-order chi connectivity index (χ0) is 24.2. The van der Waals surface area contributed by atoms with Gasteiger partial charge in [0, 0.05) is 37.9 Å². The first-order valence-corrected chi connectivity index (χ1v) is 11.7. The van der Waals surface area contributed by atoms with Crippen LogP contribution >= 0.6 is 38.9 Å². The van der Waals surface area contributed by atoms with Crippen LogP contribution in [0.25, 0.3) is 10.1 Å². The maximum absolute atomic E-state index is 12.7. The highest BCUT2D eigenvalue weighted by Crippen LogP contribution is 2.37. The molecule has 0 saturated carbocycles. The van der Waals surface area contributed by atoms with Crippen LogP contribution in [0.2, 0.25) is 5.02 Å². The standard InChI is InChI=1S/C23H14BrClN4O4S/c24-15-3-1-2-13(10-15)12-26-28-22(30)14-4-6-16(7-5-14)27-23(31)21-20(25)18-9-8-17(29(32)33)11-19(18)34-21/h1-12H,(H,27,31)(H,28,30)/b26-12-. The lowest BCUT2D eigenvalue weighted by Gasteiger charge is -2.05. The Kier molecular flexibility index (Phi) is 7.01. The number of rotatable bonds is 6. The van der Waals surface area contributed by atoms with Gasteiger partial charge in [-0.25, -0.2) is 5.43 Å². The first-order chi connectivity index (χ1) is 16.3. The van der Waals surface area contributed by atoms with E-state index in [9.17, 15) is 19.7 Å². The van der Waals surface area contributed by atoms with Gasteiger partial charge in [0.1, 0.15) is 4.88 Å². The van der Waals surface area contributed by atoms with Crippen LogP contribution in [-0.2, 0) is 0 Å². The zero-order valence-corrected chi connectivity index (χ0v) is 20.3. The van der Waals surface area contributed by atoms with Crippen molar-refractivity contribution in [3.8, 4) is 0 Å². The molecular formula is C23H14BrClN4O4S. The normalized spacial score (nSPS) is 11.0. The first kappa shape index (κ1) is 23.6. The smallest absolute Gasteiger partial charge is 0.271 e. The lowest BCUT2D eigenvalue weighted by Crippen LogP contribution is -2.17. The topological polar surface area (TPSA) is 114 Å². The molecule has 0 saturated heterocycles. The Hall–Kier alpha value is -3.60. The second-order valence-electron chi connectivity index (χ2n) is 6.97. The van der Waals surface area contributed by atoms with Crippen molar-refractivity contribution in [1.82, 2.24) is 5.43 Å². The number of amides is 2. The van der Waals surface area contributed by atoms with Crippen molar-refractivity contribution in [1.29, 1.82) is 0 Å². The molecule has 8 nitrogen and oxygen atoms in total. The van der Waals surface area contributed by atoms with Crippen molar-refractivity contribution < 1.29 is 14.5 Å². The molecule has 0 spiro atoms. The van der Waals surface area contributed by atoms with Gasteiger partial charge in [0.15, 0.2) is 0 Å². The van der Waals surface area contributed by atoms with Gasteiger partial charge in [0.05, 0.1) is 16.2 Å². The van der Waals surface area contributed by atoms with Crippen LogP contribution in [0, 0.1) is 10.1 Å². The summed E-state index contributed by atoms with van der Waals surface area (Å²) in [4.78, 5) is 35.7. The maximum Gasteiger partial charge on any atom is 0.271 e. The number of nitro groups is 1. The lowest BCUT2D eigenvalue weighted by atomic mass is 10.2. The quantitative estimate of drug-likeness (QED) is 0.166. The summed E-state index contributed by atoms with van der Waals surface area (Å²) in [5, 5.41) is 18.4. The Morgan fingerprint density at radius 1 is 1.06 bits per heavy atom. The molecule has 34 heavy (non-hydrogen) atoms. The Bertz CT molecular complexity index is 1450. The van der Waals surface area contributed by atoms with Gasteiger partial charge >= 0.3 is 0 Å². The number of carbonyl (C=O) groups is 2. The van der Waals surface area contributed by atoms with Crippen molar-refractivity contribution in [2.75, 3.05) is 5.32 Å². The summed E-state index contributed by atoms with van der Waals surface area (Å²) in [5.41, 5.74) is 4.01. The van der Waals surface area contributed by atoms with E-state index in [0.29, 0.717) is 21.3 Å². The van der Waals surface area contributed by atoms with E-state index in [0.717, 1.165) is 21.4 Å². The summed E-state index contributed by atoms with van der Waals surface area (Å²) < 4.78 is 1.44. The van der Waals surface area contributed by atoms with E-state index in [2.05, 4.69) is 31.8 Å². The Morgan fingerprint density at radius 2 is 1.82 bits per heavy atom. The highest BCUT2D eigenvalue weighted by molar-refractivity contribution is 9.10. The fourth-order valence-electron chi connectivity index (χ4n) is 3.02. The molecule has 0 fully saturated rings. The van der Waals surface area contributed by atoms with Crippen LogP contribution in [0.4, 0.5) is 11.4 Å².